The summed E-state index contributed by atoms with van der Waals surface area (Å²) in [7, 11) is 0. The summed E-state index contributed by atoms with van der Waals surface area (Å²) in [5, 5.41) is 2.90. The molecule has 2 rings (SSSR count). The van der Waals surface area contributed by atoms with E-state index in [0.717, 1.165) is 6.54 Å². The van der Waals surface area contributed by atoms with E-state index in [0.29, 0.717) is 5.69 Å². The fourth-order valence-electron chi connectivity index (χ4n) is 1.76. The lowest BCUT2D eigenvalue weighted by Crippen LogP contribution is -2.40. The third kappa shape index (κ3) is 3.95. The van der Waals surface area contributed by atoms with Crippen LogP contribution in [0.15, 0.2) is 42.9 Å². The van der Waals surface area contributed by atoms with Gasteiger partial charge in [-0.15, -0.1) is 0 Å². The number of amides is 1. The molecule has 0 spiro atoms. The molecule has 2 aromatic rings. The first-order valence-corrected chi connectivity index (χ1v) is 6.32. The Labute approximate surface area is 113 Å². The van der Waals surface area contributed by atoms with Gasteiger partial charge in [-0.05, 0) is 26.3 Å². The summed E-state index contributed by atoms with van der Waals surface area (Å²) < 4.78 is 1.91. The predicted octanol–water partition coefficient (Wildman–Crippen LogP) is 2.46. The van der Waals surface area contributed by atoms with Crippen LogP contribution < -0.4 is 5.32 Å². The van der Waals surface area contributed by atoms with Crippen molar-refractivity contribution in [1.82, 2.24) is 14.9 Å². The molecule has 0 aliphatic heterocycles. The first kappa shape index (κ1) is 13.3. The molecular weight excluding hydrogens is 238 g/mol. The van der Waals surface area contributed by atoms with E-state index in [1.165, 1.54) is 5.56 Å². The lowest BCUT2D eigenvalue weighted by Gasteiger charge is -2.19. The molecule has 100 valence electrons. The van der Waals surface area contributed by atoms with Crippen molar-refractivity contribution in [3.05, 3.63) is 54.1 Å². The van der Waals surface area contributed by atoms with Crippen molar-refractivity contribution in [3.8, 4) is 0 Å². The fourth-order valence-corrected chi connectivity index (χ4v) is 1.76. The second-order valence-electron chi connectivity index (χ2n) is 5.62. The molecule has 0 aliphatic carbocycles. The van der Waals surface area contributed by atoms with Crippen LogP contribution in [-0.2, 0) is 6.54 Å². The minimum atomic E-state index is -0.250. The Morgan fingerprint density at radius 1 is 1.26 bits per heavy atom. The summed E-state index contributed by atoms with van der Waals surface area (Å²) >= 11 is 0. The molecule has 1 amide bonds. The third-order valence-corrected chi connectivity index (χ3v) is 2.56. The van der Waals surface area contributed by atoms with Gasteiger partial charge in [0.2, 0.25) is 0 Å². The second-order valence-corrected chi connectivity index (χ2v) is 5.62. The quantitative estimate of drug-likeness (QED) is 0.918. The van der Waals surface area contributed by atoms with E-state index < -0.39 is 0 Å². The lowest BCUT2D eigenvalue weighted by molar-refractivity contribution is 0.0915. The fraction of sp³-hybridized carbons (Fsp3) is 0.333. The number of rotatable bonds is 3. The van der Waals surface area contributed by atoms with Gasteiger partial charge in [-0.2, -0.15) is 0 Å². The Bertz CT molecular complexity index is 552. The van der Waals surface area contributed by atoms with Gasteiger partial charge in [0.15, 0.2) is 0 Å². The van der Waals surface area contributed by atoms with Crippen LogP contribution in [0, 0.1) is 0 Å². The summed E-state index contributed by atoms with van der Waals surface area (Å²) in [6.07, 6.45) is 3.46. The molecular formula is C15H19N3O. The van der Waals surface area contributed by atoms with Crippen molar-refractivity contribution in [2.75, 3.05) is 0 Å². The number of benzene rings is 1. The van der Waals surface area contributed by atoms with Gasteiger partial charge in [-0.3, -0.25) is 4.79 Å². The smallest absolute Gasteiger partial charge is 0.271 e. The molecule has 0 saturated heterocycles. The van der Waals surface area contributed by atoms with Crippen LogP contribution in [0.2, 0.25) is 0 Å². The molecule has 1 N–H and O–H groups in total. The first-order chi connectivity index (χ1) is 8.94. The van der Waals surface area contributed by atoms with E-state index in [2.05, 4.69) is 22.4 Å². The van der Waals surface area contributed by atoms with Gasteiger partial charge in [0.1, 0.15) is 5.69 Å². The van der Waals surface area contributed by atoms with Crippen molar-refractivity contribution in [3.63, 3.8) is 0 Å². The highest BCUT2D eigenvalue weighted by molar-refractivity contribution is 5.92. The normalized spacial score (nSPS) is 11.3. The molecule has 0 unspecified atom stereocenters. The summed E-state index contributed by atoms with van der Waals surface area (Å²) in [4.78, 5) is 16.1. The molecule has 4 nitrogen and oxygen atoms in total. The second kappa shape index (κ2) is 5.26. The predicted molar refractivity (Wildman–Crippen MR) is 75.0 cm³/mol. The lowest BCUT2D eigenvalue weighted by atomic mass is 10.1. The van der Waals surface area contributed by atoms with Crippen LogP contribution in [0.3, 0.4) is 0 Å². The molecule has 0 radical (unpaired) electrons. The van der Waals surface area contributed by atoms with E-state index in [4.69, 9.17) is 0 Å². The number of nitrogens with zero attached hydrogens (tertiary/aromatic N) is 2. The van der Waals surface area contributed by atoms with Crippen LogP contribution >= 0.6 is 0 Å². The number of carbonyl (C=O) groups excluding carboxylic acids is 1. The van der Waals surface area contributed by atoms with Gasteiger partial charge in [0.25, 0.3) is 5.91 Å². The molecule has 19 heavy (non-hydrogen) atoms. The monoisotopic (exact) mass is 257 g/mol. The highest BCUT2D eigenvalue weighted by Crippen LogP contribution is 2.06. The number of nitrogens with one attached hydrogen (secondary N) is 1. The molecule has 1 aromatic carbocycles. The van der Waals surface area contributed by atoms with Gasteiger partial charge in [-0.1, -0.05) is 30.3 Å². The first-order valence-electron chi connectivity index (χ1n) is 6.32. The van der Waals surface area contributed by atoms with Crippen molar-refractivity contribution in [2.45, 2.75) is 32.9 Å². The van der Waals surface area contributed by atoms with Crippen LogP contribution in [0.1, 0.15) is 36.8 Å². The topological polar surface area (TPSA) is 46.9 Å². The summed E-state index contributed by atoms with van der Waals surface area (Å²) in [6.45, 7) is 6.57. The minimum Gasteiger partial charge on any atom is -0.346 e. The molecule has 0 bridgehead atoms. The molecule has 4 heteroatoms. The van der Waals surface area contributed by atoms with Crippen LogP contribution in [0.5, 0.6) is 0 Å². The minimum absolute atomic E-state index is 0.140. The number of hydrogen-bond donors (Lipinski definition) is 1. The number of imidazole rings is 1. The Hall–Kier alpha value is -2.10. The highest BCUT2D eigenvalue weighted by atomic mass is 16.2. The van der Waals surface area contributed by atoms with E-state index >= 15 is 0 Å². The van der Waals surface area contributed by atoms with Gasteiger partial charge < -0.3 is 9.88 Å². The van der Waals surface area contributed by atoms with E-state index in [-0.39, 0.29) is 11.4 Å². The van der Waals surface area contributed by atoms with E-state index in [1.807, 2.05) is 43.5 Å². The zero-order valence-electron chi connectivity index (χ0n) is 11.6. The zero-order chi connectivity index (χ0) is 13.9. The Kier molecular flexibility index (Phi) is 3.69. The number of aromatic nitrogens is 2. The van der Waals surface area contributed by atoms with Crippen LogP contribution in [0.25, 0.3) is 0 Å². The largest absolute Gasteiger partial charge is 0.346 e. The Morgan fingerprint density at radius 2 is 1.95 bits per heavy atom. The van der Waals surface area contributed by atoms with Crippen molar-refractivity contribution in [1.29, 1.82) is 0 Å². The van der Waals surface area contributed by atoms with Gasteiger partial charge in [-0.25, -0.2) is 4.98 Å². The van der Waals surface area contributed by atoms with E-state index in [1.54, 1.807) is 12.5 Å². The molecule has 1 aromatic heterocycles. The third-order valence-electron chi connectivity index (χ3n) is 2.56. The van der Waals surface area contributed by atoms with Gasteiger partial charge >= 0.3 is 0 Å². The average Bonchev–Trinajstić information content (AvgIpc) is 2.77. The van der Waals surface area contributed by atoms with Crippen molar-refractivity contribution in [2.24, 2.45) is 0 Å². The van der Waals surface area contributed by atoms with Gasteiger partial charge in [0.05, 0.1) is 6.33 Å². The van der Waals surface area contributed by atoms with Crippen molar-refractivity contribution < 1.29 is 4.79 Å². The van der Waals surface area contributed by atoms with Crippen molar-refractivity contribution >= 4 is 5.91 Å². The molecule has 0 fully saturated rings. The highest BCUT2D eigenvalue weighted by Gasteiger charge is 2.17. The maximum Gasteiger partial charge on any atom is 0.271 e. The van der Waals surface area contributed by atoms with E-state index in [9.17, 15) is 4.79 Å². The zero-order valence-corrected chi connectivity index (χ0v) is 11.6. The Balaban J connectivity index is 2.05. The SMILES string of the molecule is CC(C)(C)NC(=O)c1cn(Cc2ccccc2)cn1. The maximum atomic E-state index is 11.9. The summed E-state index contributed by atoms with van der Waals surface area (Å²) in [6, 6.07) is 10.1. The average molecular weight is 257 g/mol. The Morgan fingerprint density at radius 3 is 2.58 bits per heavy atom. The molecule has 0 aliphatic rings. The molecule has 0 atom stereocenters. The molecule has 1 heterocycles. The maximum absolute atomic E-state index is 11.9. The van der Waals surface area contributed by atoms with Gasteiger partial charge in [0, 0.05) is 18.3 Å². The standard InChI is InChI=1S/C15H19N3O/c1-15(2,3)17-14(19)13-10-18(11-16-13)9-12-7-5-4-6-8-12/h4-8,10-11H,9H2,1-3H3,(H,17,19). The molecule has 0 saturated carbocycles. The number of hydrogen-bond acceptors (Lipinski definition) is 2. The summed E-state index contributed by atoms with van der Waals surface area (Å²) in [5.41, 5.74) is 1.38. The summed E-state index contributed by atoms with van der Waals surface area (Å²) in [5.74, 6) is -0.140. The van der Waals surface area contributed by atoms with Crippen LogP contribution in [0.4, 0.5) is 0 Å². The number of carbonyl (C=O) groups is 1. The van der Waals surface area contributed by atoms with Crippen LogP contribution in [-0.4, -0.2) is 21.0 Å².